The van der Waals surface area contributed by atoms with Crippen molar-refractivity contribution in [2.75, 3.05) is 5.73 Å². The molecular weight excluding hydrogens is 350 g/mol. The van der Waals surface area contributed by atoms with Gasteiger partial charge in [-0.1, -0.05) is 37.8 Å². The smallest absolute Gasteiger partial charge is 0.337 e. The molecule has 0 radical (unpaired) electrons. The number of carbonyl (C=O) groups is 1. The second kappa shape index (κ2) is 8.18. The first kappa shape index (κ1) is 19.4. The summed E-state index contributed by atoms with van der Waals surface area (Å²) < 4.78 is 6.06. The van der Waals surface area contributed by atoms with Crippen LogP contribution < -0.4 is 5.73 Å². The molecule has 28 heavy (non-hydrogen) atoms. The molecule has 0 aromatic heterocycles. The van der Waals surface area contributed by atoms with E-state index in [-0.39, 0.29) is 11.7 Å². The zero-order valence-corrected chi connectivity index (χ0v) is 16.8. The van der Waals surface area contributed by atoms with Gasteiger partial charge in [-0.15, -0.1) is 0 Å². The third kappa shape index (κ3) is 5.09. The van der Waals surface area contributed by atoms with Crippen molar-refractivity contribution in [3.05, 3.63) is 41.2 Å². The van der Waals surface area contributed by atoms with Crippen LogP contribution in [0.4, 0.5) is 5.69 Å². The van der Waals surface area contributed by atoms with Gasteiger partial charge in [-0.3, -0.25) is 0 Å². The number of carbonyl (C=O) groups excluding carboxylic acids is 1. The number of hydrogen-bond acceptors (Lipinski definition) is 4. The molecular formula is C24H33NO3. The van der Waals surface area contributed by atoms with E-state index in [0.29, 0.717) is 18.4 Å². The van der Waals surface area contributed by atoms with Crippen LogP contribution in [0.2, 0.25) is 0 Å². The molecule has 0 amide bonds. The minimum atomic E-state index is -0.469. The maximum Gasteiger partial charge on any atom is 0.337 e. The number of aliphatic hydroxyl groups excluding tert-OH is 1. The molecule has 0 unspecified atom stereocenters. The van der Waals surface area contributed by atoms with E-state index in [2.05, 4.69) is 0 Å². The van der Waals surface area contributed by atoms with Crippen LogP contribution in [0, 0.1) is 11.8 Å². The Morgan fingerprint density at radius 2 is 1.75 bits per heavy atom. The average Bonchev–Trinajstić information content (AvgIpc) is 3.55. The molecule has 0 atom stereocenters. The molecule has 4 heteroatoms. The number of aliphatic hydroxyl groups is 1. The Bertz CT molecular complexity index is 730. The second-order valence-corrected chi connectivity index (χ2v) is 9.24. The molecule has 3 N–H and O–H groups in total. The van der Waals surface area contributed by atoms with Gasteiger partial charge in [-0.05, 0) is 74.5 Å². The standard InChI is InChI=1S/C24H33NO3/c25-20-5-1-3-19(15-20)4-2-6-21-22(26)16-24(28-23(21)27,13-11-17-7-8-17)14-12-18-9-10-18/h1,3,5,15,17-18,26H,2,4,6-14,16,25H2. The Balaban J connectivity index is 1.37. The van der Waals surface area contributed by atoms with Gasteiger partial charge in [0.25, 0.3) is 0 Å². The van der Waals surface area contributed by atoms with Crippen molar-refractivity contribution >= 4 is 11.7 Å². The SMILES string of the molecule is Nc1cccc(CCCC2=C(O)CC(CCC3CC3)(CCC3CC3)OC2=O)c1. The number of anilines is 1. The first-order chi connectivity index (χ1) is 13.5. The van der Waals surface area contributed by atoms with Crippen molar-refractivity contribution in [1.29, 1.82) is 0 Å². The van der Waals surface area contributed by atoms with Crippen LogP contribution in [0.15, 0.2) is 35.6 Å². The number of cyclic esters (lactones) is 1. The van der Waals surface area contributed by atoms with Gasteiger partial charge in [0.1, 0.15) is 11.4 Å². The summed E-state index contributed by atoms with van der Waals surface area (Å²) in [4.78, 5) is 12.8. The lowest BCUT2D eigenvalue weighted by atomic mass is 9.83. The van der Waals surface area contributed by atoms with Crippen LogP contribution in [0.5, 0.6) is 0 Å². The van der Waals surface area contributed by atoms with Crippen molar-refractivity contribution in [2.24, 2.45) is 11.8 Å². The lowest BCUT2D eigenvalue weighted by Gasteiger charge is -2.37. The molecule has 2 aliphatic carbocycles. The molecule has 0 bridgehead atoms. The lowest BCUT2D eigenvalue weighted by molar-refractivity contribution is -0.161. The molecule has 152 valence electrons. The number of ether oxygens (including phenoxy) is 1. The number of nitrogen functional groups attached to an aromatic ring is 1. The Morgan fingerprint density at radius 1 is 1.07 bits per heavy atom. The lowest BCUT2D eigenvalue weighted by Crippen LogP contribution is -2.40. The largest absolute Gasteiger partial charge is 0.512 e. The zero-order valence-electron chi connectivity index (χ0n) is 16.8. The number of aryl methyl sites for hydroxylation is 1. The van der Waals surface area contributed by atoms with Crippen LogP contribution in [-0.2, 0) is 16.0 Å². The van der Waals surface area contributed by atoms with Gasteiger partial charge in [0, 0.05) is 12.1 Å². The van der Waals surface area contributed by atoms with Crippen molar-refractivity contribution in [2.45, 2.75) is 82.7 Å². The fraction of sp³-hybridized carbons (Fsp3) is 0.625. The highest BCUT2D eigenvalue weighted by atomic mass is 16.6. The predicted molar refractivity (Wildman–Crippen MR) is 111 cm³/mol. The Kier molecular flexibility index (Phi) is 5.65. The molecule has 0 spiro atoms. The first-order valence-corrected chi connectivity index (χ1v) is 11.0. The summed E-state index contributed by atoms with van der Waals surface area (Å²) >= 11 is 0. The highest BCUT2D eigenvalue weighted by Gasteiger charge is 2.43. The molecule has 0 saturated heterocycles. The third-order valence-corrected chi connectivity index (χ3v) is 6.65. The summed E-state index contributed by atoms with van der Waals surface area (Å²) in [5, 5.41) is 10.7. The molecule has 1 aromatic rings. The predicted octanol–water partition coefficient (Wildman–Crippen LogP) is 5.47. The molecule has 2 saturated carbocycles. The van der Waals surface area contributed by atoms with E-state index in [1.807, 2.05) is 24.3 Å². The summed E-state index contributed by atoms with van der Waals surface area (Å²) in [5.74, 6) is 1.60. The Morgan fingerprint density at radius 3 is 2.32 bits per heavy atom. The van der Waals surface area contributed by atoms with Gasteiger partial charge in [0.2, 0.25) is 0 Å². The molecule has 1 aromatic carbocycles. The van der Waals surface area contributed by atoms with Gasteiger partial charge >= 0.3 is 5.97 Å². The van der Waals surface area contributed by atoms with Crippen molar-refractivity contribution in [1.82, 2.24) is 0 Å². The summed E-state index contributed by atoms with van der Waals surface area (Å²) in [7, 11) is 0. The van der Waals surface area contributed by atoms with Gasteiger partial charge in [0.05, 0.1) is 5.57 Å². The van der Waals surface area contributed by atoms with Crippen LogP contribution in [0.3, 0.4) is 0 Å². The molecule has 3 aliphatic rings. The molecule has 4 nitrogen and oxygen atoms in total. The van der Waals surface area contributed by atoms with Crippen LogP contribution in [0.1, 0.15) is 76.2 Å². The normalized spacial score (nSPS) is 21.6. The summed E-state index contributed by atoms with van der Waals surface area (Å²) in [6.45, 7) is 0. The first-order valence-electron chi connectivity index (χ1n) is 11.0. The van der Waals surface area contributed by atoms with E-state index in [1.54, 1.807) is 0 Å². The number of rotatable bonds is 10. The molecule has 4 rings (SSSR count). The average molecular weight is 384 g/mol. The van der Waals surface area contributed by atoms with E-state index in [9.17, 15) is 9.90 Å². The van der Waals surface area contributed by atoms with E-state index >= 15 is 0 Å². The van der Waals surface area contributed by atoms with Crippen molar-refractivity contribution in [3.8, 4) is 0 Å². The third-order valence-electron chi connectivity index (χ3n) is 6.65. The van der Waals surface area contributed by atoms with E-state index < -0.39 is 5.60 Å². The highest BCUT2D eigenvalue weighted by Crippen LogP contribution is 2.45. The van der Waals surface area contributed by atoms with Gasteiger partial charge in [-0.25, -0.2) is 4.79 Å². The molecule has 1 heterocycles. The molecule has 1 aliphatic heterocycles. The minimum absolute atomic E-state index is 0.274. The number of benzene rings is 1. The van der Waals surface area contributed by atoms with Gasteiger partial charge < -0.3 is 15.6 Å². The number of hydrogen-bond donors (Lipinski definition) is 2. The maximum absolute atomic E-state index is 12.8. The Labute approximate surface area is 168 Å². The maximum atomic E-state index is 12.8. The van der Waals surface area contributed by atoms with Crippen molar-refractivity contribution < 1.29 is 14.6 Å². The van der Waals surface area contributed by atoms with Crippen LogP contribution in [-0.4, -0.2) is 16.7 Å². The van der Waals surface area contributed by atoms with E-state index in [0.717, 1.165) is 61.6 Å². The second-order valence-electron chi connectivity index (χ2n) is 9.24. The zero-order chi connectivity index (χ0) is 19.6. The Hall–Kier alpha value is -1.97. The fourth-order valence-electron chi connectivity index (χ4n) is 4.44. The molecule has 2 fully saturated rings. The van der Waals surface area contributed by atoms with E-state index in [1.165, 1.54) is 25.7 Å². The highest BCUT2D eigenvalue weighted by molar-refractivity contribution is 5.90. The summed E-state index contributed by atoms with van der Waals surface area (Å²) in [5.41, 5.74) is 7.76. The van der Waals surface area contributed by atoms with Gasteiger partial charge in [-0.2, -0.15) is 0 Å². The quantitative estimate of drug-likeness (QED) is 0.415. The van der Waals surface area contributed by atoms with Gasteiger partial charge in [0.15, 0.2) is 0 Å². The van der Waals surface area contributed by atoms with E-state index in [4.69, 9.17) is 10.5 Å². The summed E-state index contributed by atoms with van der Waals surface area (Å²) in [6.07, 6.45) is 12.0. The monoisotopic (exact) mass is 383 g/mol. The summed E-state index contributed by atoms with van der Waals surface area (Å²) in [6, 6.07) is 7.84. The van der Waals surface area contributed by atoms with Crippen LogP contribution >= 0.6 is 0 Å². The number of esters is 1. The topological polar surface area (TPSA) is 72.6 Å². The van der Waals surface area contributed by atoms with Crippen LogP contribution in [0.25, 0.3) is 0 Å². The van der Waals surface area contributed by atoms with Crippen molar-refractivity contribution in [3.63, 3.8) is 0 Å². The fourth-order valence-corrected chi connectivity index (χ4v) is 4.44. The minimum Gasteiger partial charge on any atom is -0.512 e. The number of nitrogens with two attached hydrogens (primary N) is 1.